The summed E-state index contributed by atoms with van der Waals surface area (Å²) in [4.78, 5) is 15.9. The highest BCUT2D eigenvalue weighted by Crippen LogP contribution is 2.22. The maximum Gasteiger partial charge on any atom is 0.475 e. The number of para-hydroxylation sites is 1. The fraction of sp³-hybridized carbons (Fsp3) is 0.176. The molecule has 128 valence electrons. The van der Waals surface area contributed by atoms with Gasteiger partial charge >= 0.3 is 7.12 Å². The van der Waals surface area contributed by atoms with Crippen molar-refractivity contribution < 1.29 is 24.0 Å². The van der Waals surface area contributed by atoms with E-state index in [1.165, 1.54) is 6.20 Å². The minimum atomic E-state index is -1.71. The molecule has 2 heterocycles. The smallest absolute Gasteiger partial charge is 0.475 e. The molecule has 7 nitrogen and oxygen atoms in total. The van der Waals surface area contributed by atoms with E-state index in [2.05, 4.69) is 10.3 Å². The molecule has 0 spiro atoms. The Hall–Kier alpha value is -2.84. The van der Waals surface area contributed by atoms with Crippen molar-refractivity contribution in [3.8, 4) is 5.75 Å². The number of nitrogens with one attached hydrogen (secondary N) is 1. The van der Waals surface area contributed by atoms with E-state index in [4.69, 9.17) is 9.15 Å². The van der Waals surface area contributed by atoms with Crippen molar-refractivity contribution in [3.63, 3.8) is 0 Å². The van der Waals surface area contributed by atoms with E-state index in [0.29, 0.717) is 11.3 Å². The van der Waals surface area contributed by atoms with Crippen LogP contribution in [0.3, 0.4) is 0 Å². The molecular weight excluding hydrogens is 323 g/mol. The molecule has 0 unspecified atom stereocenters. The fourth-order valence-electron chi connectivity index (χ4n) is 2.49. The Morgan fingerprint density at radius 1 is 1.28 bits per heavy atom. The molecule has 1 amide bonds. The van der Waals surface area contributed by atoms with Gasteiger partial charge in [0.15, 0.2) is 6.61 Å². The summed E-state index contributed by atoms with van der Waals surface area (Å²) >= 11 is 0. The Labute approximate surface area is 144 Å². The molecule has 1 atom stereocenters. The topological polar surface area (TPSA) is 105 Å². The fourth-order valence-corrected chi connectivity index (χ4v) is 2.49. The number of hydrogen-bond acceptors (Lipinski definition) is 6. The first-order valence-electron chi connectivity index (χ1n) is 7.77. The Kier molecular flexibility index (Phi) is 5.32. The predicted molar refractivity (Wildman–Crippen MR) is 91.8 cm³/mol. The standard InChI is InChI=1S/C17H17BN2O5/c21-17(11-24-13-4-3-7-19-9-13)20-16(18(22)23)8-12-10-25-15-6-2-1-5-14(12)15/h1-7,9-10,16,22-23H,8,11H2,(H,20,21)/t16-/m0/s1. The van der Waals surface area contributed by atoms with Crippen LogP contribution < -0.4 is 10.1 Å². The lowest BCUT2D eigenvalue weighted by molar-refractivity contribution is -0.123. The largest absolute Gasteiger partial charge is 0.482 e. The number of carbonyl (C=O) groups is 1. The second kappa shape index (κ2) is 7.82. The summed E-state index contributed by atoms with van der Waals surface area (Å²) in [6.45, 7) is -0.249. The molecule has 0 radical (unpaired) electrons. The molecule has 2 aromatic heterocycles. The summed E-state index contributed by atoms with van der Waals surface area (Å²) in [5.41, 5.74) is 1.48. The van der Waals surface area contributed by atoms with E-state index < -0.39 is 19.0 Å². The summed E-state index contributed by atoms with van der Waals surface area (Å²) < 4.78 is 10.7. The lowest BCUT2D eigenvalue weighted by Gasteiger charge is -2.17. The van der Waals surface area contributed by atoms with E-state index in [0.717, 1.165) is 10.9 Å². The third-order valence-electron chi connectivity index (χ3n) is 3.71. The zero-order valence-electron chi connectivity index (χ0n) is 13.3. The van der Waals surface area contributed by atoms with Crippen LogP contribution in [-0.2, 0) is 11.2 Å². The van der Waals surface area contributed by atoms with E-state index in [1.807, 2.05) is 24.3 Å². The Morgan fingerprint density at radius 3 is 2.88 bits per heavy atom. The quantitative estimate of drug-likeness (QED) is 0.553. The number of benzene rings is 1. The average Bonchev–Trinajstić information content (AvgIpc) is 3.03. The van der Waals surface area contributed by atoms with Crippen molar-refractivity contribution in [2.24, 2.45) is 0 Å². The summed E-state index contributed by atoms with van der Waals surface area (Å²) in [5.74, 6) is -0.889. The Balaban J connectivity index is 1.62. The van der Waals surface area contributed by atoms with Crippen LogP contribution in [0.15, 0.2) is 59.5 Å². The number of aromatic nitrogens is 1. The normalized spacial score (nSPS) is 11.9. The summed E-state index contributed by atoms with van der Waals surface area (Å²) in [5, 5.41) is 22.6. The van der Waals surface area contributed by atoms with Crippen LogP contribution in [-0.4, -0.2) is 40.6 Å². The molecule has 0 fully saturated rings. The summed E-state index contributed by atoms with van der Waals surface area (Å²) in [6.07, 6.45) is 4.86. The monoisotopic (exact) mass is 340 g/mol. The number of nitrogens with zero attached hydrogens (tertiary/aromatic N) is 1. The molecule has 0 aliphatic heterocycles. The number of furan rings is 1. The zero-order valence-corrected chi connectivity index (χ0v) is 13.3. The van der Waals surface area contributed by atoms with Gasteiger partial charge in [0, 0.05) is 11.6 Å². The van der Waals surface area contributed by atoms with Gasteiger partial charge in [0.2, 0.25) is 0 Å². The van der Waals surface area contributed by atoms with Crippen LogP contribution in [0, 0.1) is 0 Å². The van der Waals surface area contributed by atoms with Crippen LogP contribution in [0.4, 0.5) is 0 Å². The van der Waals surface area contributed by atoms with Crippen molar-refractivity contribution in [2.45, 2.75) is 12.4 Å². The lowest BCUT2D eigenvalue weighted by Crippen LogP contribution is -2.49. The van der Waals surface area contributed by atoms with Gasteiger partial charge < -0.3 is 24.5 Å². The van der Waals surface area contributed by atoms with Crippen LogP contribution in [0.2, 0.25) is 0 Å². The minimum absolute atomic E-state index is 0.216. The number of ether oxygens (including phenoxy) is 1. The molecule has 0 bridgehead atoms. The maximum atomic E-state index is 12.0. The van der Waals surface area contributed by atoms with Crippen molar-refractivity contribution in [3.05, 3.63) is 60.6 Å². The van der Waals surface area contributed by atoms with Crippen LogP contribution in [0.5, 0.6) is 5.75 Å². The van der Waals surface area contributed by atoms with E-state index in [-0.39, 0.29) is 13.0 Å². The zero-order chi connectivity index (χ0) is 17.6. The first-order valence-corrected chi connectivity index (χ1v) is 7.77. The Morgan fingerprint density at radius 2 is 2.12 bits per heavy atom. The van der Waals surface area contributed by atoms with Gasteiger partial charge in [0.05, 0.1) is 18.4 Å². The summed E-state index contributed by atoms with van der Waals surface area (Å²) in [7, 11) is -1.71. The van der Waals surface area contributed by atoms with Crippen molar-refractivity contribution in [1.82, 2.24) is 10.3 Å². The van der Waals surface area contributed by atoms with Gasteiger partial charge in [-0.3, -0.25) is 9.78 Å². The Bertz CT molecular complexity index is 837. The second-order valence-electron chi connectivity index (χ2n) is 5.53. The molecule has 3 rings (SSSR count). The highest BCUT2D eigenvalue weighted by atomic mass is 16.5. The van der Waals surface area contributed by atoms with Gasteiger partial charge in [-0.2, -0.15) is 0 Å². The van der Waals surface area contributed by atoms with Crippen LogP contribution in [0.25, 0.3) is 11.0 Å². The minimum Gasteiger partial charge on any atom is -0.482 e. The molecule has 25 heavy (non-hydrogen) atoms. The molecule has 0 aliphatic carbocycles. The summed E-state index contributed by atoms with van der Waals surface area (Å²) in [6, 6.07) is 10.8. The van der Waals surface area contributed by atoms with E-state index >= 15 is 0 Å². The highest BCUT2D eigenvalue weighted by molar-refractivity contribution is 6.43. The maximum absolute atomic E-state index is 12.0. The van der Waals surface area contributed by atoms with Gasteiger partial charge in [0.1, 0.15) is 11.3 Å². The number of hydrogen-bond donors (Lipinski definition) is 3. The molecule has 8 heteroatoms. The second-order valence-corrected chi connectivity index (χ2v) is 5.53. The van der Waals surface area contributed by atoms with Crippen molar-refractivity contribution in [1.29, 1.82) is 0 Å². The number of rotatable bonds is 7. The van der Waals surface area contributed by atoms with Gasteiger partial charge in [-0.15, -0.1) is 0 Å². The number of carbonyl (C=O) groups excluding carboxylic acids is 1. The molecule has 3 N–H and O–H groups in total. The number of pyridine rings is 1. The van der Waals surface area contributed by atoms with Gasteiger partial charge in [-0.05, 0) is 30.2 Å². The molecular formula is C17H17BN2O5. The average molecular weight is 340 g/mol. The van der Waals surface area contributed by atoms with Crippen molar-refractivity contribution in [2.75, 3.05) is 6.61 Å². The highest BCUT2D eigenvalue weighted by Gasteiger charge is 2.27. The van der Waals surface area contributed by atoms with Crippen molar-refractivity contribution >= 4 is 24.0 Å². The molecule has 0 saturated heterocycles. The first-order chi connectivity index (χ1) is 12.1. The SMILES string of the molecule is O=C(COc1cccnc1)N[C@@H](Cc1coc2ccccc12)B(O)O. The van der Waals surface area contributed by atoms with Gasteiger partial charge in [-0.1, -0.05) is 18.2 Å². The van der Waals surface area contributed by atoms with E-state index in [9.17, 15) is 14.8 Å². The molecule has 3 aromatic rings. The van der Waals surface area contributed by atoms with Crippen LogP contribution in [0.1, 0.15) is 5.56 Å². The van der Waals surface area contributed by atoms with Gasteiger partial charge in [-0.25, -0.2) is 0 Å². The lowest BCUT2D eigenvalue weighted by atomic mass is 9.76. The number of amides is 1. The third-order valence-corrected chi connectivity index (χ3v) is 3.71. The predicted octanol–water partition coefficient (Wildman–Crippen LogP) is 0.946. The third kappa shape index (κ3) is 4.37. The molecule has 0 aliphatic rings. The molecule has 0 saturated carbocycles. The van der Waals surface area contributed by atoms with Crippen LogP contribution >= 0.6 is 0 Å². The van der Waals surface area contributed by atoms with Gasteiger partial charge in [0.25, 0.3) is 5.91 Å². The molecule has 1 aromatic carbocycles. The number of fused-ring (bicyclic) bond motifs is 1. The first kappa shape index (κ1) is 17.0. The van der Waals surface area contributed by atoms with E-state index in [1.54, 1.807) is 24.6 Å².